The molecule has 116 valence electrons. The van der Waals surface area contributed by atoms with Crippen molar-refractivity contribution in [2.75, 3.05) is 19.7 Å². The maximum absolute atomic E-state index is 11.7. The van der Waals surface area contributed by atoms with Crippen molar-refractivity contribution in [1.29, 1.82) is 0 Å². The summed E-state index contributed by atoms with van der Waals surface area (Å²) in [5.74, 6) is 0. The van der Waals surface area contributed by atoms with Gasteiger partial charge in [0.25, 0.3) is 0 Å². The third-order valence-corrected chi connectivity index (χ3v) is 3.96. The largest absolute Gasteiger partial charge is 0.386 e. The number of aliphatic hydroxyl groups is 1. The monoisotopic (exact) mass is 332 g/mol. The second-order valence-electron chi connectivity index (χ2n) is 4.88. The van der Waals surface area contributed by atoms with E-state index >= 15 is 0 Å². The van der Waals surface area contributed by atoms with Gasteiger partial charge in [-0.2, -0.15) is 0 Å². The highest BCUT2D eigenvalue weighted by atomic mass is 35.5. The first-order valence-corrected chi connectivity index (χ1v) is 7.59. The van der Waals surface area contributed by atoms with Crippen molar-refractivity contribution in [3.63, 3.8) is 0 Å². The second kappa shape index (κ2) is 7.84. The summed E-state index contributed by atoms with van der Waals surface area (Å²) in [6.45, 7) is 1.24. The van der Waals surface area contributed by atoms with Crippen LogP contribution in [-0.4, -0.2) is 36.9 Å². The van der Waals surface area contributed by atoms with Gasteiger partial charge >= 0.3 is 6.03 Å². The summed E-state index contributed by atoms with van der Waals surface area (Å²) in [7, 11) is 0. The molecule has 1 aliphatic heterocycles. The van der Waals surface area contributed by atoms with E-state index in [1.807, 2.05) is 0 Å². The van der Waals surface area contributed by atoms with Crippen LogP contribution >= 0.6 is 23.2 Å². The fourth-order valence-corrected chi connectivity index (χ4v) is 2.84. The van der Waals surface area contributed by atoms with Crippen LogP contribution in [0.25, 0.3) is 0 Å². The number of halogens is 2. The van der Waals surface area contributed by atoms with Crippen LogP contribution in [0.4, 0.5) is 4.79 Å². The molecular weight excluding hydrogens is 315 g/mol. The smallest absolute Gasteiger partial charge is 0.314 e. The molecule has 0 saturated carbocycles. The second-order valence-corrected chi connectivity index (χ2v) is 5.69. The van der Waals surface area contributed by atoms with Gasteiger partial charge in [-0.25, -0.2) is 4.79 Å². The van der Waals surface area contributed by atoms with Crippen LogP contribution in [-0.2, 0) is 4.74 Å². The van der Waals surface area contributed by atoms with Crippen molar-refractivity contribution < 1.29 is 14.6 Å². The quantitative estimate of drug-likeness (QED) is 0.775. The molecular formula is C14H18Cl2N2O3. The number of hydrogen-bond acceptors (Lipinski definition) is 3. The van der Waals surface area contributed by atoms with E-state index in [2.05, 4.69) is 10.6 Å². The van der Waals surface area contributed by atoms with Gasteiger partial charge in [0.1, 0.15) is 0 Å². The van der Waals surface area contributed by atoms with Crippen molar-refractivity contribution in [3.05, 3.63) is 33.8 Å². The summed E-state index contributed by atoms with van der Waals surface area (Å²) in [6, 6.07) is 4.63. The number of urea groups is 1. The van der Waals surface area contributed by atoms with Crippen LogP contribution in [0.15, 0.2) is 18.2 Å². The summed E-state index contributed by atoms with van der Waals surface area (Å²) in [4.78, 5) is 11.7. The lowest BCUT2D eigenvalue weighted by atomic mass is 10.1. The summed E-state index contributed by atoms with van der Waals surface area (Å²) in [5.41, 5.74) is 0.417. The molecule has 7 heteroatoms. The Balaban J connectivity index is 1.77. The predicted molar refractivity (Wildman–Crippen MR) is 81.8 cm³/mol. The van der Waals surface area contributed by atoms with Gasteiger partial charge in [-0.15, -0.1) is 0 Å². The first kappa shape index (κ1) is 16.4. The molecule has 0 spiro atoms. The Kier molecular flexibility index (Phi) is 6.11. The molecule has 1 fully saturated rings. The topological polar surface area (TPSA) is 70.6 Å². The summed E-state index contributed by atoms with van der Waals surface area (Å²) in [5, 5.41) is 16.1. The first-order chi connectivity index (χ1) is 10.1. The predicted octanol–water partition coefficient (Wildman–Crippen LogP) is 2.51. The van der Waals surface area contributed by atoms with Crippen LogP contribution in [0.1, 0.15) is 24.5 Å². The molecule has 1 saturated heterocycles. The van der Waals surface area contributed by atoms with Gasteiger partial charge in [-0.1, -0.05) is 29.3 Å². The summed E-state index contributed by atoms with van der Waals surface area (Å²) in [6.07, 6.45) is 1.11. The molecule has 0 aliphatic carbocycles. The van der Waals surface area contributed by atoms with Gasteiger partial charge < -0.3 is 20.5 Å². The number of amides is 2. The number of benzene rings is 1. The molecule has 5 nitrogen and oxygen atoms in total. The fourth-order valence-electron chi connectivity index (χ4n) is 2.19. The molecule has 2 amide bonds. The molecule has 1 aromatic carbocycles. The summed E-state index contributed by atoms with van der Waals surface area (Å²) < 4.78 is 5.40. The Bertz CT molecular complexity index is 473. The minimum Gasteiger partial charge on any atom is -0.386 e. The molecule has 1 aliphatic rings. The maximum atomic E-state index is 11.7. The third-order valence-electron chi connectivity index (χ3n) is 3.30. The lowest BCUT2D eigenvalue weighted by Gasteiger charge is -2.16. The zero-order valence-electron chi connectivity index (χ0n) is 11.4. The SMILES string of the molecule is O=C(NCC1CCCO1)NCC(O)c1c(Cl)cccc1Cl. The van der Waals surface area contributed by atoms with Crippen molar-refractivity contribution in [2.24, 2.45) is 0 Å². The van der Waals surface area contributed by atoms with Crippen LogP contribution in [0.3, 0.4) is 0 Å². The van der Waals surface area contributed by atoms with Gasteiger partial charge in [0.15, 0.2) is 0 Å². The van der Waals surface area contributed by atoms with Crippen LogP contribution < -0.4 is 10.6 Å². The van der Waals surface area contributed by atoms with Gasteiger partial charge in [0, 0.05) is 35.3 Å². The zero-order chi connectivity index (χ0) is 15.2. The Morgan fingerprint density at radius 2 is 2.10 bits per heavy atom. The lowest BCUT2D eigenvalue weighted by molar-refractivity contribution is 0.111. The number of nitrogens with one attached hydrogen (secondary N) is 2. The molecule has 0 radical (unpaired) electrons. The molecule has 1 aromatic rings. The Morgan fingerprint density at radius 1 is 1.38 bits per heavy atom. The Hall–Kier alpha value is -1.01. The lowest BCUT2D eigenvalue weighted by Crippen LogP contribution is -2.41. The maximum Gasteiger partial charge on any atom is 0.314 e. The molecule has 3 N–H and O–H groups in total. The van der Waals surface area contributed by atoms with Crippen molar-refractivity contribution >= 4 is 29.2 Å². The minimum atomic E-state index is -0.959. The zero-order valence-corrected chi connectivity index (χ0v) is 13.0. The normalized spacial score (nSPS) is 19.3. The minimum absolute atomic E-state index is 0.0286. The molecule has 2 rings (SSSR count). The van der Waals surface area contributed by atoms with Gasteiger partial charge in [-0.3, -0.25) is 0 Å². The molecule has 0 aromatic heterocycles. The van der Waals surface area contributed by atoms with Gasteiger partial charge in [0.2, 0.25) is 0 Å². The molecule has 0 bridgehead atoms. The Morgan fingerprint density at radius 3 is 2.71 bits per heavy atom. The highest BCUT2D eigenvalue weighted by Crippen LogP contribution is 2.29. The van der Waals surface area contributed by atoms with E-state index in [-0.39, 0.29) is 18.7 Å². The van der Waals surface area contributed by atoms with E-state index in [9.17, 15) is 9.90 Å². The van der Waals surface area contributed by atoms with Crippen molar-refractivity contribution in [1.82, 2.24) is 10.6 Å². The van der Waals surface area contributed by atoms with E-state index in [0.29, 0.717) is 22.2 Å². The average Bonchev–Trinajstić information content (AvgIpc) is 2.96. The number of hydrogen-bond donors (Lipinski definition) is 3. The number of aliphatic hydroxyl groups excluding tert-OH is 1. The molecule has 2 atom stereocenters. The number of ether oxygens (including phenoxy) is 1. The fraction of sp³-hybridized carbons (Fsp3) is 0.500. The van der Waals surface area contributed by atoms with E-state index in [1.165, 1.54) is 0 Å². The van der Waals surface area contributed by atoms with Crippen LogP contribution in [0, 0.1) is 0 Å². The standard InChI is InChI=1S/C14H18Cl2N2O3/c15-10-4-1-5-11(16)13(10)12(19)8-18-14(20)17-7-9-3-2-6-21-9/h1,4-5,9,12,19H,2-3,6-8H2,(H2,17,18,20). The van der Waals surface area contributed by atoms with E-state index in [0.717, 1.165) is 19.4 Å². The van der Waals surface area contributed by atoms with Gasteiger partial charge in [0.05, 0.1) is 12.2 Å². The highest BCUT2D eigenvalue weighted by molar-refractivity contribution is 6.36. The first-order valence-electron chi connectivity index (χ1n) is 6.83. The van der Waals surface area contributed by atoms with Crippen LogP contribution in [0.2, 0.25) is 10.0 Å². The summed E-state index contributed by atoms with van der Waals surface area (Å²) >= 11 is 12.0. The highest BCUT2D eigenvalue weighted by Gasteiger charge is 2.18. The number of carbonyl (C=O) groups excluding carboxylic acids is 1. The average molecular weight is 333 g/mol. The Labute approximate surface area is 133 Å². The number of rotatable bonds is 5. The van der Waals surface area contributed by atoms with Crippen molar-refractivity contribution in [2.45, 2.75) is 25.0 Å². The van der Waals surface area contributed by atoms with E-state index in [1.54, 1.807) is 18.2 Å². The molecule has 21 heavy (non-hydrogen) atoms. The third kappa shape index (κ3) is 4.74. The van der Waals surface area contributed by atoms with E-state index in [4.69, 9.17) is 27.9 Å². The van der Waals surface area contributed by atoms with E-state index < -0.39 is 6.10 Å². The number of carbonyl (C=O) groups is 1. The molecule has 2 unspecified atom stereocenters. The van der Waals surface area contributed by atoms with Gasteiger partial charge in [-0.05, 0) is 25.0 Å². The molecule has 1 heterocycles. The van der Waals surface area contributed by atoms with Crippen molar-refractivity contribution in [3.8, 4) is 0 Å². The van der Waals surface area contributed by atoms with Crippen LogP contribution in [0.5, 0.6) is 0 Å².